The maximum atomic E-state index is 14.1. The van der Waals surface area contributed by atoms with Gasteiger partial charge in [-0.25, -0.2) is 0 Å². The molecule has 40 heavy (non-hydrogen) atoms. The second-order valence-corrected chi connectivity index (χ2v) is 11.1. The summed E-state index contributed by atoms with van der Waals surface area (Å²) >= 11 is 0. The molecule has 6 rings (SSSR count). The van der Waals surface area contributed by atoms with E-state index in [2.05, 4.69) is 10.6 Å². The fourth-order valence-electron chi connectivity index (χ4n) is 6.72. The number of aromatic nitrogens is 1. The van der Waals surface area contributed by atoms with E-state index in [4.69, 9.17) is 19.9 Å². The van der Waals surface area contributed by atoms with Gasteiger partial charge in [0.25, 0.3) is 5.91 Å². The molecule has 3 heterocycles. The van der Waals surface area contributed by atoms with E-state index in [0.717, 1.165) is 46.3 Å². The van der Waals surface area contributed by atoms with E-state index in [1.54, 1.807) is 14.2 Å². The van der Waals surface area contributed by atoms with E-state index in [0.29, 0.717) is 49.9 Å². The van der Waals surface area contributed by atoms with Crippen LogP contribution in [-0.2, 0) is 20.8 Å². The number of nitrogens with zero attached hydrogens (tertiary/aromatic N) is 2. The van der Waals surface area contributed by atoms with Crippen molar-refractivity contribution in [2.45, 2.75) is 50.7 Å². The van der Waals surface area contributed by atoms with Crippen LogP contribution in [0.3, 0.4) is 0 Å². The molecular weight excluding hydrogens is 506 g/mol. The summed E-state index contributed by atoms with van der Waals surface area (Å²) in [6, 6.07) is 11.9. The number of methoxy groups -OCH3 is 2. The van der Waals surface area contributed by atoms with E-state index >= 15 is 0 Å². The number of carbonyl (C=O) groups excluding carboxylic acids is 2. The molecule has 2 fully saturated rings. The monoisotopic (exact) mass is 543 g/mol. The highest BCUT2D eigenvalue weighted by Gasteiger charge is 2.32. The lowest BCUT2D eigenvalue weighted by Gasteiger charge is -2.33. The minimum atomic E-state index is -0.459. The Morgan fingerprint density at radius 2 is 1.90 bits per heavy atom. The molecule has 1 saturated carbocycles. The van der Waals surface area contributed by atoms with Gasteiger partial charge in [-0.3, -0.25) is 9.59 Å². The van der Waals surface area contributed by atoms with Crippen LogP contribution in [0, 0.1) is 0 Å². The zero-order valence-electron chi connectivity index (χ0n) is 23.3. The second-order valence-electron chi connectivity index (χ2n) is 11.1. The Morgan fingerprint density at radius 3 is 2.65 bits per heavy atom. The number of ether oxygens (including phenoxy) is 3. The number of amides is 2. The molecule has 0 spiro atoms. The topological polar surface area (TPSA) is 96.0 Å². The summed E-state index contributed by atoms with van der Waals surface area (Å²) in [4.78, 5) is 28.2. The lowest BCUT2D eigenvalue weighted by Crippen LogP contribution is -2.47. The number of hydrogen-bond acceptors (Lipinski definition) is 5. The molecule has 0 radical (unpaired) electrons. The summed E-state index contributed by atoms with van der Waals surface area (Å²) in [6.07, 6.45) is 7.78. The highest BCUT2D eigenvalue weighted by atomic mass is 16.5. The molecule has 3 aliphatic rings. The normalized spacial score (nSPS) is 19.5. The standard InChI is InChI=1S/C32H37N3O5/c1-38-19-25-18-34(12-13-40-25)32(37)23-14-22-15-24(39-2)9-11-26(22)30-29(20-6-4-3-5-7-20)27-10-8-21(31(33)36)16-28(27)35(30)17-23/h8-11,14-16,20,25H,3-7,12-13,17-19H2,1-2H3,(H2,33,36)/t25-/m0/s1. The largest absolute Gasteiger partial charge is 0.497 e. The lowest BCUT2D eigenvalue weighted by molar-refractivity contribution is -0.136. The van der Waals surface area contributed by atoms with Gasteiger partial charge < -0.3 is 29.4 Å². The molecule has 2 aromatic carbocycles. The number of benzene rings is 2. The van der Waals surface area contributed by atoms with Gasteiger partial charge in [-0.15, -0.1) is 0 Å². The first kappa shape index (κ1) is 26.6. The first-order valence-corrected chi connectivity index (χ1v) is 14.2. The molecule has 3 aromatic rings. The van der Waals surface area contributed by atoms with Crippen molar-refractivity contribution in [3.05, 3.63) is 58.7 Å². The van der Waals surface area contributed by atoms with E-state index in [1.807, 2.05) is 41.3 Å². The molecule has 2 aliphatic heterocycles. The van der Waals surface area contributed by atoms with Crippen LogP contribution in [-0.4, -0.2) is 67.9 Å². The Bertz CT molecular complexity index is 1480. The third kappa shape index (κ3) is 4.80. The highest BCUT2D eigenvalue weighted by Crippen LogP contribution is 2.47. The van der Waals surface area contributed by atoms with Crippen molar-refractivity contribution in [2.24, 2.45) is 5.73 Å². The maximum absolute atomic E-state index is 14.1. The third-order valence-corrected chi connectivity index (χ3v) is 8.63. The van der Waals surface area contributed by atoms with Crippen LogP contribution in [0.2, 0.25) is 0 Å². The van der Waals surface area contributed by atoms with Crippen LogP contribution >= 0.6 is 0 Å². The number of nitrogens with two attached hydrogens (primary N) is 1. The van der Waals surface area contributed by atoms with Gasteiger partial charge in [-0.2, -0.15) is 0 Å². The number of carbonyl (C=O) groups is 2. The molecule has 2 N–H and O–H groups in total. The predicted octanol–water partition coefficient (Wildman–Crippen LogP) is 4.73. The van der Waals surface area contributed by atoms with Gasteiger partial charge in [0.2, 0.25) is 5.91 Å². The number of fused-ring (bicyclic) bond motifs is 5. The van der Waals surface area contributed by atoms with Gasteiger partial charge in [-0.05, 0) is 66.3 Å². The predicted molar refractivity (Wildman–Crippen MR) is 154 cm³/mol. The highest BCUT2D eigenvalue weighted by molar-refractivity contribution is 6.04. The Kier molecular flexibility index (Phi) is 7.38. The van der Waals surface area contributed by atoms with Crippen LogP contribution in [0.4, 0.5) is 0 Å². The Balaban J connectivity index is 1.54. The number of primary amides is 1. The smallest absolute Gasteiger partial charge is 0.251 e. The molecule has 1 saturated heterocycles. The maximum Gasteiger partial charge on any atom is 0.251 e. The van der Waals surface area contributed by atoms with E-state index in [1.165, 1.54) is 24.8 Å². The van der Waals surface area contributed by atoms with Crippen LogP contribution in [0.1, 0.15) is 59.5 Å². The summed E-state index contributed by atoms with van der Waals surface area (Å²) in [5, 5.41) is 1.13. The molecular formula is C32H37N3O5. The van der Waals surface area contributed by atoms with Crippen LogP contribution in [0.25, 0.3) is 28.2 Å². The summed E-state index contributed by atoms with van der Waals surface area (Å²) in [5.41, 5.74) is 12.3. The van der Waals surface area contributed by atoms with Crippen molar-refractivity contribution < 1.29 is 23.8 Å². The van der Waals surface area contributed by atoms with Gasteiger partial charge >= 0.3 is 0 Å². The summed E-state index contributed by atoms with van der Waals surface area (Å²) in [5.74, 6) is 0.680. The van der Waals surface area contributed by atoms with Crippen LogP contribution in [0.15, 0.2) is 42.0 Å². The van der Waals surface area contributed by atoms with E-state index in [-0.39, 0.29) is 12.0 Å². The molecule has 0 unspecified atom stereocenters. The second kappa shape index (κ2) is 11.1. The first-order valence-electron chi connectivity index (χ1n) is 14.2. The number of hydrogen-bond donors (Lipinski definition) is 1. The fourth-order valence-corrected chi connectivity index (χ4v) is 6.72. The first-order chi connectivity index (χ1) is 19.5. The SMILES string of the molecule is COC[C@@H]1CN(C(=O)C2=Cc3cc(OC)ccc3-c3c(C4CCCCC4)c4ccc(C(N)=O)cc4n3C2)CCO1. The van der Waals surface area contributed by atoms with Crippen molar-refractivity contribution in [1.29, 1.82) is 0 Å². The summed E-state index contributed by atoms with van der Waals surface area (Å²) in [7, 11) is 3.30. The zero-order valence-corrected chi connectivity index (χ0v) is 23.3. The van der Waals surface area contributed by atoms with Crippen molar-refractivity contribution in [1.82, 2.24) is 9.47 Å². The van der Waals surface area contributed by atoms with Gasteiger partial charge in [0, 0.05) is 47.8 Å². The molecule has 8 nitrogen and oxygen atoms in total. The molecule has 1 aromatic heterocycles. The fraction of sp³-hybridized carbons (Fsp3) is 0.438. The third-order valence-electron chi connectivity index (χ3n) is 8.63. The summed E-state index contributed by atoms with van der Waals surface area (Å²) < 4.78 is 18.9. The Morgan fingerprint density at radius 1 is 1.07 bits per heavy atom. The van der Waals surface area contributed by atoms with Crippen LogP contribution in [0.5, 0.6) is 5.75 Å². The minimum absolute atomic E-state index is 0.0156. The van der Waals surface area contributed by atoms with Crippen molar-refractivity contribution in [3.63, 3.8) is 0 Å². The molecule has 210 valence electrons. The molecule has 1 aliphatic carbocycles. The van der Waals surface area contributed by atoms with Gasteiger partial charge in [-0.1, -0.05) is 25.3 Å². The lowest BCUT2D eigenvalue weighted by atomic mass is 9.81. The molecule has 8 heteroatoms. The number of morpholine rings is 1. The molecule has 0 bridgehead atoms. The number of rotatable bonds is 6. The summed E-state index contributed by atoms with van der Waals surface area (Å²) in [6.45, 7) is 2.31. The van der Waals surface area contributed by atoms with Gasteiger partial charge in [0.05, 0.1) is 38.7 Å². The van der Waals surface area contributed by atoms with Gasteiger partial charge in [0.1, 0.15) is 5.75 Å². The Hall–Kier alpha value is -3.62. The van der Waals surface area contributed by atoms with E-state index < -0.39 is 5.91 Å². The molecule has 1 atom stereocenters. The average Bonchev–Trinajstić information content (AvgIpc) is 3.19. The average molecular weight is 544 g/mol. The van der Waals surface area contributed by atoms with Crippen LogP contribution < -0.4 is 10.5 Å². The minimum Gasteiger partial charge on any atom is -0.497 e. The van der Waals surface area contributed by atoms with Crippen molar-refractivity contribution in [2.75, 3.05) is 40.5 Å². The van der Waals surface area contributed by atoms with Gasteiger partial charge in [0.15, 0.2) is 0 Å². The molecule has 2 amide bonds. The quantitative estimate of drug-likeness (QED) is 0.485. The van der Waals surface area contributed by atoms with E-state index in [9.17, 15) is 9.59 Å². The Labute approximate surface area is 234 Å². The van der Waals surface area contributed by atoms with Crippen molar-refractivity contribution >= 4 is 28.8 Å². The van der Waals surface area contributed by atoms with Crippen molar-refractivity contribution in [3.8, 4) is 17.0 Å². The zero-order chi connectivity index (χ0) is 27.8.